The first-order valence-corrected chi connectivity index (χ1v) is 8.89. The van der Waals surface area contributed by atoms with Gasteiger partial charge in [0.05, 0.1) is 6.54 Å². The van der Waals surface area contributed by atoms with Gasteiger partial charge in [0.25, 0.3) is 5.91 Å². The first-order valence-electron chi connectivity index (χ1n) is 8.89. The van der Waals surface area contributed by atoms with Gasteiger partial charge >= 0.3 is 0 Å². The molecule has 0 aromatic heterocycles. The molecule has 2 aromatic rings. The van der Waals surface area contributed by atoms with Crippen molar-refractivity contribution in [1.29, 1.82) is 0 Å². The van der Waals surface area contributed by atoms with Crippen molar-refractivity contribution in [1.82, 2.24) is 16.0 Å². The number of hydrogen-bond acceptors (Lipinski definition) is 2. The van der Waals surface area contributed by atoms with Gasteiger partial charge in [-0.3, -0.25) is 4.79 Å². The Labute approximate surface area is 157 Å². The van der Waals surface area contributed by atoms with Crippen LogP contribution in [0.25, 0.3) is 0 Å². The van der Waals surface area contributed by atoms with E-state index in [0.717, 1.165) is 18.2 Å². The van der Waals surface area contributed by atoms with E-state index < -0.39 is 11.6 Å². The lowest BCUT2D eigenvalue weighted by Gasteiger charge is -2.12. The van der Waals surface area contributed by atoms with Gasteiger partial charge in [0, 0.05) is 30.8 Å². The van der Waals surface area contributed by atoms with Gasteiger partial charge in [-0.2, -0.15) is 0 Å². The lowest BCUT2D eigenvalue weighted by molar-refractivity contribution is 0.0953. The Bertz CT molecular complexity index is 766. The normalized spacial score (nSPS) is 11.1. The number of benzene rings is 2. The highest BCUT2D eigenvalue weighted by Gasteiger charge is 2.05. The number of hydrogen-bond donors (Lipinski definition) is 3. The summed E-state index contributed by atoms with van der Waals surface area (Å²) in [6.07, 6.45) is 0.692. The highest BCUT2D eigenvalue weighted by atomic mass is 19.1. The highest BCUT2D eigenvalue weighted by molar-refractivity contribution is 5.94. The molecule has 1 amide bonds. The molecule has 2 aromatic carbocycles. The Balaban J connectivity index is 1.77. The summed E-state index contributed by atoms with van der Waals surface area (Å²) < 4.78 is 26.9. The third-order valence-corrected chi connectivity index (χ3v) is 3.73. The van der Waals surface area contributed by atoms with Crippen LogP contribution in [-0.2, 0) is 6.54 Å². The molecule has 0 saturated heterocycles. The van der Waals surface area contributed by atoms with E-state index in [1.165, 1.54) is 0 Å². The van der Waals surface area contributed by atoms with Crippen LogP contribution in [0.4, 0.5) is 8.78 Å². The summed E-state index contributed by atoms with van der Waals surface area (Å²) in [5.74, 6) is -0.582. The largest absolute Gasteiger partial charge is 0.357 e. The third kappa shape index (κ3) is 7.05. The van der Waals surface area contributed by atoms with Gasteiger partial charge in [-0.25, -0.2) is 13.8 Å². The zero-order valence-corrected chi connectivity index (χ0v) is 15.3. The van der Waals surface area contributed by atoms with Crippen LogP contribution in [-0.4, -0.2) is 31.5 Å². The van der Waals surface area contributed by atoms with Gasteiger partial charge in [-0.1, -0.05) is 18.2 Å². The Morgan fingerprint density at radius 1 is 1.00 bits per heavy atom. The fourth-order valence-electron chi connectivity index (χ4n) is 2.36. The summed E-state index contributed by atoms with van der Waals surface area (Å²) in [5, 5.41) is 9.00. The number of aliphatic imine (C=N–C) groups is 1. The first kappa shape index (κ1) is 20.4. The second kappa shape index (κ2) is 10.9. The van der Waals surface area contributed by atoms with E-state index in [4.69, 9.17) is 0 Å². The summed E-state index contributed by atoms with van der Waals surface area (Å²) in [6, 6.07) is 12.3. The lowest BCUT2D eigenvalue weighted by atomic mass is 10.2. The molecule has 0 bridgehead atoms. The minimum Gasteiger partial charge on any atom is -0.357 e. The smallest absolute Gasteiger partial charge is 0.251 e. The monoisotopic (exact) mass is 374 g/mol. The van der Waals surface area contributed by atoms with Gasteiger partial charge in [0.2, 0.25) is 0 Å². The standard InChI is InChI=1S/C20H24F2N4O/c1-2-23-20(26-14-16-13-17(21)9-10-18(16)22)25-12-6-11-24-19(27)15-7-4-3-5-8-15/h3-5,7-10,13H,2,6,11-12,14H2,1H3,(H,24,27)(H2,23,25,26). The van der Waals surface area contributed by atoms with Gasteiger partial charge in [0.1, 0.15) is 11.6 Å². The zero-order chi connectivity index (χ0) is 19.5. The number of amides is 1. The van der Waals surface area contributed by atoms with Crippen molar-refractivity contribution < 1.29 is 13.6 Å². The van der Waals surface area contributed by atoms with Gasteiger partial charge in [-0.05, 0) is 43.7 Å². The van der Waals surface area contributed by atoms with Crippen molar-refractivity contribution in [3.05, 3.63) is 71.3 Å². The van der Waals surface area contributed by atoms with Crippen molar-refractivity contribution in [2.24, 2.45) is 4.99 Å². The molecule has 0 aliphatic rings. The summed E-state index contributed by atoms with van der Waals surface area (Å²) in [6.45, 7) is 3.68. The summed E-state index contributed by atoms with van der Waals surface area (Å²) in [7, 11) is 0. The van der Waals surface area contributed by atoms with Gasteiger partial charge in [-0.15, -0.1) is 0 Å². The molecule has 27 heavy (non-hydrogen) atoms. The van der Waals surface area contributed by atoms with Crippen molar-refractivity contribution in [2.45, 2.75) is 19.9 Å². The molecule has 0 radical (unpaired) electrons. The summed E-state index contributed by atoms with van der Waals surface area (Å²) in [4.78, 5) is 16.2. The predicted octanol–water partition coefficient (Wildman–Crippen LogP) is 2.84. The topological polar surface area (TPSA) is 65.5 Å². The first-order chi connectivity index (χ1) is 13.1. The van der Waals surface area contributed by atoms with Crippen molar-refractivity contribution >= 4 is 11.9 Å². The molecule has 3 N–H and O–H groups in total. The number of carbonyl (C=O) groups excluding carboxylic acids is 1. The average Bonchev–Trinajstić information content (AvgIpc) is 2.68. The zero-order valence-electron chi connectivity index (χ0n) is 15.3. The number of carbonyl (C=O) groups is 1. The molecule has 0 atom stereocenters. The van der Waals surface area contributed by atoms with Crippen molar-refractivity contribution in [3.63, 3.8) is 0 Å². The fraction of sp³-hybridized carbons (Fsp3) is 0.300. The van der Waals surface area contributed by atoms with Crippen molar-refractivity contribution in [3.8, 4) is 0 Å². The second-order valence-corrected chi connectivity index (χ2v) is 5.83. The molecule has 0 aliphatic heterocycles. The highest BCUT2D eigenvalue weighted by Crippen LogP contribution is 2.10. The van der Waals surface area contributed by atoms with E-state index in [9.17, 15) is 13.6 Å². The molecular formula is C20H24F2N4O. The maximum atomic E-state index is 13.7. The Kier molecular flexibility index (Phi) is 8.22. The van der Waals surface area contributed by atoms with Crippen LogP contribution >= 0.6 is 0 Å². The molecule has 7 heteroatoms. The number of guanidine groups is 1. The van der Waals surface area contributed by atoms with Gasteiger partial charge in [0.15, 0.2) is 5.96 Å². The van der Waals surface area contributed by atoms with E-state index in [-0.39, 0.29) is 18.0 Å². The molecule has 0 heterocycles. The van der Waals surface area contributed by atoms with E-state index >= 15 is 0 Å². The van der Waals surface area contributed by atoms with E-state index in [1.807, 2.05) is 25.1 Å². The molecule has 0 aliphatic carbocycles. The van der Waals surface area contributed by atoms with E-state index in [1.54, 1.807) is 12.1 Å². The Morgan fingerprint density at radius 2 is 1.74 bits per heavy atom. The molecule has 0 unspecified atom stereocenters. The summed E-state index contributed by atoms with van der Waals surface area (Å²) in [5.41, 5.74) is 0.819. The van der Waals surface area contributed by atoms with Crippen LogP contribution in [0.1, 0.15) is 29.3 Å². The van der Waals surface area contributed by atoms with Crippen LogP contribution in [0.2, 0.25) is 0 Å². The average molecular weight is 374 g/mol. The van der Waals surface area contributed by atoms with Gasteiger partial charge < -0.3 is 16.0 Å². The van der Waals surface area contributed by atoms with E-state index in [2.05, 4.69) is 20.9 Å². The lowest BCUT2D eigenvalue weighted by Crippen LogP contribution is -2.38. The van der Waals surface area contributed by atoms with Crippen LogP contribution < -0.4 is 16.0 Å². The molecule has 5 nitrogen and oxygen atoms in total. The molecule has 2 rings (SSSR count). The molecule has 144 valence electrons. The minimum absolute atomic E-state index is 0.0314. The van der Waals surface area contributed by atoms with Crippen molar-refractivity contribution in [2.75, 3.05) is 19.6 Å². The second-order valence-electron chi connectivity index (χ2n) is 5.83. The number of halogens is 2. The third-order valence-electron chi connectivity index (χ3n) is 3.73. The number of nitrogens with zero attached hydrogens (tertiary/aromatic N) is 1. The predicted molar refractivity (Wildman–Crippen MR) is 103 cm³/mol. The maximum absolute atomic E-state index is 13.7. The summed E-state index contributed by atoms with van der Waals surface area (Å²) >= 11 is 0. The SMILES string of the molecule is CCNC(=NCc1cc(F)ccc1F)NCCCNC(=O)c1ccccc1. The molecule has 0 fully saturated rings. The molecule has 0 saturated carbocycles. The number of rotatable bonds is 8. The maximum Gasteiger partial charge on any atom is 0.251 e. The van der Waals surface area contributed by atoms with Crippen LogP contribution in [0.15, 0.2) is 53.5 Å². The van der Waals surface area contributed by atoms with Crippen LogP contribution in [0, 0.1) is 11.6 Å². The van der Waals surface area contributed by atoms with Crippen LogP contribution in [0.5, 0.6) is 0 Å². The van der Waals surface area contributed by atoms with Crippen LogP contribution in [0.3, 0.4) is 0 Å². The molecule has 0 spiro atoms. The number of nitrogens with one attached hydrogen (secondary N) is 3. The Hall–Kier alpha value is -2.96. The Morgan fingerprint density at radius 3 is 2.48 bits per heavy atom. The fourth-order valence-corrected chi connectivity index (χ4v) is 2.36. The van der Waals surface area contributed by atoms with E-state index in [0.29, 0.717) is 37.6 Å². The molecular weight excluding hydrogens is 350 g/mol. The minimum atomic E-state index is -0.492. The quantitative estimate of drug-likeness (QED) is 0.378.